The van der Waals surface area contributed by atoms with Gasteiger partial charge in [-0.2, -0.15) is 0 Å². The SMILES string of the molecule is CCCCCCCOc1ccc(-c2ccc(-c3ccc(OCCCCC)cc3)c(F)c2F)cc1. The van der Waals surface area contributed by atoms with E-state index in [1.165, 1.54) is 19.3 Å². The molecular formula is C30H36F2O2. The van der Waals surface area contributed by atoms with Crippen molar-refractivity contribution in [3.05, 3.63) is 72.3 Å². The third-order valence-electron chi connectivity index (χ3n) is 5.95. The van der Waals surface area contributed by atoms with Crippen LogP contribution < -0.4 is 9.47 Å². The van der Waals surface area contributed by atoms with Crippen LogP contribution in [-0.2, 0) is 0 Å². The van der Waals surface area contributed by atoms with Crippen molar-refractivity contribution in [3.8, 4) is 33.8 Å². The van der Waals surface area contributed by atoms with Crippen LogP contribution in [0.1, 0.15) is 65.2 Å². The summed E-state index contributed by atoms with van der Waals surface area (Å²) in [5, 5.41) is 0. The van der Waals surface area contributed by atoms with Crippen molar-refractivity contribution < 1.29 is 18.3 Å². The Labute approximate surface area is 202 Å². The molecule has 0 aromatic heterocycles. The first kappa shape index (κ1) is 25.7. The predicted molar refractivity (Wildman–Crippen MR) is 137 cm³/mol. The van der Waals surface area contributed by atoms with Crippen LogP contribution in [0.3, 0.4) is 0 Å². The van der Waals surface area contributed by atoms with Gasteiger partial charge in [-0.15, -0.1) is 0 Å². The maximum absolute atomic E-state index is 15.0. The topological polar surface area (TPSA) is 18.5 Å². The molecule has 0 radical (unpaired) electrons. The molecule has 0 N–H and O–H groups in total. The Morgan fingerprint density at radius 2 is 0.882 bits per heavy atom. The van der Waals surface area contributed by atoms with Gasteiger partial charge in [-0.1, -0.05) is 88.8 Å². The Kier molecular flexibility index (Phi) is 10.4. The summed E-state index contributed by atoms with van der Waals surface area (Å²) < 4.78 is 41.4. The van der Waals surface area contributed by atoms with Gasteiger partial charge in [-0.25, -0.2) is 8.78 Å². The van der Waals surface area contributed by atoms with Crippen LogP contribution in [0.25, 0.3) is 22.3 Å². The van der Waals surface area contributed by atoms with Crippen LogP contribution in [0.2, 0.25) is 0 Å². The van der Waals surface area contributed by atoms with Crippen LogP contribution in [0.5, 0.6) is 11.5 Å². The molecule has 0 bridgehead atoms. The van der Waals surface area contributed by atoms with Gasteiger partial charge < -0.3 is 9.47 Å². The molecule has 4 heteroatoms. The fraction of sp³-hybridized carbons (Fsp3) is 0.400. The number of benzene rings is 3. The zero-order valence-corrected chi connectivity index (χ0v) is 20.4. The number of ether oxygens (including phenoxy) is 2. The van der Waals surface area contributed by atoms with Crippen molar-refractivity contribution in [2.75, 3.05) is 13.2 Å². The molecule has 0 unspecified atom stereocenters. The molecule has 182 valence electrons. The largest absolute Gasteiger partial charge is 0.494 e. The second kappa shape index (κ2) is 13.7. The van der Waals surface area contributed by atoms with Crippen molar-refractivity contribution >= 4 is 0 Å². The molecule has 0 amide bonds. The predicted octanol–water partition coefficient (Wildman–Crippen LogP) is 9.22. The van der Waals surface area contributed by atoms with Gasteiger partial charge in [0, 0.05) is 11.1 Å². The quantitative estimate of drug-likeness (QED) is 0.220. The van der Waals surface area contributed by atoms with E-state index < -0.39 is 11.6 Å². The average molecular weight is 467 g/mol. The highest BCUT2D eigenvalue weighted by atomic mass is 19.2. The minimum atomic E-state index is -0.846. The van der Waals surface area contributed by atoms with Crippen molar-refractivity contribution in [1.29, 1.82) is 0 Å². The third-order valence-corrected chi connectivity index (χ3v) is 5.95. The fourth-order valence-electron chi connectivity index (χ4n) is 3.89. The highest BCUT2D eigenvalue weighted by Crippen LogP contribution is 2.33. The van der Waals surface area contributed by atoms with E-state index in [9.17, 15) is 8.78 Å². The van der Waals surface area contributed by atoms with Gasteiger partial charge in [-0.05, 0) is 48.2 Å². The van der Waals surface area contributed by atoms with E-state index in [-0.39, 0.29) is 11.1 Å². The monoisotopic (exact) mass is 466 g/mol. The Morgan fingerprint density at radius 3 is 1.32 bits per heavy atom. The molecular weight excluding hydrogens is 430 g/mol. The number of unbranched alkanes of at least 4 members (excludes halogenated alkanes) is 6. The summed E-state index contributed by atoms with van der Waals surface area (Å²) in [7, 11) is 0. The molecule has 2 nitrogen and oxygen atoms in total. The molecule has 0 atom stereocenters. The number of hydrogen-bond acceptors (Lipinski definition) is 2. The van der Waals surface area contributed by atoms with Crippen molar-refractivity contribution in [1.82, 2.24) is 0 Å². The third kappa shape index (κ3) is 7.31. The van der Waals surface area contributed by atoms with E-state index in [0.29, 0.717) is 24.3 Å². The first-order valence-corrected chi connectivity index (χ1v) is 12.6. The van der Waals surface area contributed by atoms with Crippen LogP contribution in [-0.4, -0.2) is 13.2 Å². The molecule has 34 heavy (non-hydrogen) atoms. The normalized spacial score (nSPS) is 10.9. The number of hydrogen-bond donors (Lipinski definition) is 0. The number of rotatable bonds is 14. The van der Waals surface area contributed by atoms with E-state index in [1.807, 2.05) is 12.1 Å². The minimum absolute atomic E-state index is 0.238. The Hall–Kier alpha value is -2.88. The van der Waals surface area contributed by atoms with E-state index >= 15 is 0 Å². The maximum atomic E-state index is 15.0. The fourth-order valence-corrected chi connectivity index (χ4v) is 3.89. The van der Waals surface area contributed by atoms with Crippen molar-refractivity contribution in [2.45, 2.75) is 65.2 Å². The Balaban J connectivity index is 1.63. The highest BCUT2D eigenvalue weighted by Gasteiger charge is 2.16. The minimum Gasteiger partial charge on any atom is -0.494 e. The molecule has 3 rings (SSSR count). The van der Waals surface area contributed by atoms with Gasteiger partial charge in [0.15, 0.2) is 11.6 Å². The van der Waals surface area contributed by atoms with E-state index in [2.05, 4.69) is 13.8 Å². The van der Waals surface area contributed by atoms with Crippen LogP contribution in [0, 0.1) is 11.6 Å². The average Bonchev–Trinajstić information content (AvgIpc) is 2.87. The standard InChI is InChI=1S/C30H36F2O2/c1-3-5-7-8-10-22-34-26-17-13-24(14-18-26)28-20-19-27(29(31)30(28)32)23-11-15-25(16-12-23)33-21-9-6-4-2/h11-20H,3-10,21-22H2,1-2H3. The van der Waals surface area contributed by atoms with E-state index in [4.69, 9.17) is 9.47 Å². The Morgan fingerprint density at radius 1 is 0.500 bits per heavy atom. The first-order chi connectivity index (χ1) is 16.6. The van der Waals surface area contributed by atoms with Gasteiger partial charge in [0.1, 0.15) is 11.5 Å². The van der Waals surface area contributed by atoms with Crippen LogP contribution in [0.15, 0.2) is 60.7 Å². The number of halogens is 2. The summed E-state index contributed by atoms with van der Waals surface area (Å²) in [6.07, 6.45) is 9.17. The summed E-state index contributed by atoms with van der Waals surface area (Å²) in [5.41, 5.74) is 1.71. The highest BCUT2D eigenvalue weighted by molar-refractivity contribution is 5.72. The summed E-state index contributed by atoms with van der Waals surface area (Å²) in [6.45, 7) is 5.68. The van der Waals surface area contributed by atoms with Gasteiger partial charge in [-0.3, -0.25) is 0 Å². The van der Waals surface area contributed by atoms with Gasteiger partial charge in [0.25, 0.3) is 0 Å². The zero-order chi connectivity index (χ0) is 24.2. The van der Waals surface area contributed by atoms with Crippen LogP contribution in [0.4, 0.5) is 8.78 Å². The first-order valence-electron chi connectivity index (χ1n) is 12.6. The van der Waals surface area contributed by atoms with Gasteiger partial charge in [0.2, 0.25) is 0 Å². The smallest absolute Gasteiger partial charge is 0.167 e. The molecule has 0 fully saturated rings. The van der Waals surface area contributed by atoms with Gasteiger partial charge >= 0.3 is 0 Å². The summed E-state index contributed by atoms with van der Waals surface area (Å²) in [5.74, 6) is -0.210. The molecule has 3 aromatic rings. The van der Waals surface area contributed by atoms with Crippen molar-refractivity contribution in [3.63, 3.8) is 0 Å². The second-order valence-electron chi connectivity index (χ2n) is 8.66. The van der Waals surface area contributed by atoms with Crippen molar-refractivity contribution in [2.24, 2.45) is 0 Å². The van der Waals surface area contributed by atoms with Crippen LogP contribution >= 0.6 is 0 Å². The lowest BCUT2D eigenvalue weighted by molar-refractivity contribution is 0.304. The summed E-state index contributed by atoms with van der Waals surface area (Å²) in [6, 6.07) is 17.6. The molecule has 3 aromatic carbocycles. The maximum Gasteiger partial charge on any atom is 0.167 e. The zero-order valence-electron chi connectivity index (χ0n) is 20.4. The Bertz CT molecular complexity index is 998. The molecule has 0 heterocycles. The van der Waals surface area contributed by atoms with E-state index in [1.54, 1.807) is 48.5 Å². The summed E-state index contributed by atoms with van der Waals surface area (Å²) >= 11 is 0. The lowest BCUT2D eigenvalue weighted by atomic mass is 9.98. The molecule has 0 aliphatic rings. The lowest BCUT2D eigenvalue weighted by Crippen LogP contribution is -1.98. The van der Waals surface area contributed by atoms with Gasteiger partial charge in [0.05, 0.1) is 13.2 Å². The molecule has 0 spiro atoms. The lowest BCUT2D eigenvalue weighted by Gasteiger charge is -2.11. The molecule has 0 saturated carbocycles. The molecule has 0 aliphatic heterocycles. The molecule has 0 saturated heterocycles. The second-order valence-corrected chi connectivity index (χ2v) is 8.66. The summed E-state index contributed by atoms with van der Waals surface area (Å²) in [4.78, 5) is 0. The van der Waals surface area contributed by atoms with E-state index in [0.717, 1.165) is 43.6 Å². The molecule has 0 aliphatic carbocycles.